The van der Waals surface area contributed by atoms with Gasteiger partial charge in [-0.15, -0.1) is 0 Å². The van der Waals surface area contributed by atoms with Crippen molar-refractivity contribution in [3.05, 3.63) is 88.5 Å². The van der Waals surface area contributed by atoms with Crippen molar-refractivity contribution >= 4 is 64.1 Å². The molecule has 1 saturated heterocycles. The van der Waals surface area contributed by atoms with E-state index in [4.69, 9.17) is 18.3 Å². The Labute approximate surface area is 386 Å². The van der Waals surface area contributed by atoms with E-state index in [1.807, 2.05) is 60.7 Å². The molecule has 14 nitrogen and oxygen atoms in total. The second-order valence-corrected chi connectivity index (χ2v) is 18.4. The molecule has 0 radical (unpaired) electrons. The third kappa shape index (κ3) is 15.0. The van der Waals surface area contributed by atoms with Crippen molar-refractivity contribution < 1.29 is 88.7 Å². The van der Waals surface area contributed by atoms with Gasteiger partial charge < -0.3 is 52.9 Å². The molecule has 6 aromatic rings. The van der Waals surface area contributed by atoms with E-state index in [9.17, 15) is 16.8 Å². The molecular weight excluding hydrogens is 1010 g/mol. The number of aromatic nitrogens is 4. The maximum atomic E-state index is 11.2. The van der Waals surface area contributed by atoms with Crippen LogP contribution in [0.25, 0.3) is 44.5 Å². The Hall–Kier alpha value is -2.28. The Morgan fingerprint density at radius 2 is 1.26 bits per heavy atom. The van der Waals surface area contributed by atoms with Crippen molar-refractivity contribution in [2.45, 2.75) is 46.1 Å². The van der Waals surface area contributed by atoms with Crippen molar-refractivity contribution in [2.24, 2.45) is 0 Å². The zero-order valence-corrected chi connectivity index (χ0v) is 39.2. The van der Waals surface area contributed by atoms with Gasteiger partial charge >= 0.3 is 29.6 Å². The maximum Gasteiger partial charge on any atom is 1.00 e. The van der Waals surface area contributed by atoms with E-state index >= 15 is 0 Å². The van der Waals surface area contributed by atoms with Crippen LogP contribution in [-0.4, -0.2) is 86.8 Å². The molecule has 19 heteroatoms. The van der Waals surface area contributed by atoms with Gasteiger partial charge in [0, 0.05) is 48.5 Å². The molecule has 2 N–H and O–H groups in total. The Morgan fingerprint density at radius 1 is 0.737 bits per heavy atom. The van der Waals surface area contributed by atoms with Gasteiger partial charge in [-0.2, -0.15) is 0 Å². The molecule has 1 unspecified atom stereocenters. The molecule has 2 aromatic carbocycles. The zero-order valence-electron chi connectivity index (χ0n) is 31.2. The zero-order chi connectivity index (χ0) is 38.1. The summed E-state index contributed by atoms with van der Waals surface area (Å²) in [5.74, 6) is 3.68. The molecule has 5 heterocycles. The van der Waals surface area contributed by atoms with Crippen LogP contribution in [-0.2, 0) is 37.5 Å². The van der Waals surface area contributed by atoms with E-state index in [1.54, 1.807) is 6.33 Å². The predicted octanol–water partition coefficient (Wildman–Crippen LogP) is 0.202. The average Bonchev–Trinajstić information content (AvgIpc) is 3.83. The molecule has 0 aliphatic carbocycles. The molecule has 1 atom stereocenters. The Kier molecular flexibility index (Phi) is 19.7. The fraction of sp³-hybridized carbons (Fsp3) is 0.368. The molecule has 57 heavy (non-hydrogen) atoms. The first kappa shape index (κ1) is 49.1. The fourth-order valence-corrected chi connectivity index (χ4v) is 7.17. The van der Waals surface area contributed by atoms with Gasteiger partial charge in [0.15, 0.2) is 0 Å². The molecular formula is C38H45I2N6NaO8S2. The molecule has 0 amide bonds. The summed E-state index contributed by atoms with van der Waals surface area (Å²) in [6.45, 7) is 2.43. The van der Waals surface area contributed by atoms with E-state index in [1.165, 1.54) is 18.8 Å². The van der Waals surface area contributed by atoms with E-state index in [0.29, 0.717) is 44.4 Å². The molecule has 0 bridgehead atoms. The van der Waals surface area contributed by atoms with Crippen LogP contribution in [0.4, 0.5) is 0 Å². The topological polar surface area (TPSA) is 189 Å². The molecule has 1 aliphatic rings. The van der Waals surface area contributed by atoms with Gasteiger partial charge in [-0.1, -0.05) is 7.43 Å². The molecule has 4 aromatic heterocycles. The first-order valence-corrected chi connectivity index (χ1v) is 22.5. The van der Waals surface area contributed by atoms with Crippen molar-refractivity contribution in [1.82, 2.24) is 30.6 Å². The van der Waals surface area contributed by atoms with Crippen LogP contribution in [0.3, 0.4) is 0 Å². The molecule has 1 aliphatic heterocycles. The van der Waals surface area contributed by atoms with Crippen molar-refractivity contribution in [1.29, 1.82) is 0 Å². The maximum absolute atomic E-state index is 11.2. The fourth-order valence-electron chi connectivity index (χ4n) is 5.58. The van der Waals surface area contributed by atoms with Gasteiger partial charge in [0.2, 0.25) is 12.2 Å². The largest absolute Gasteiger partial charge is 1.00 e. The van der Waals surface area contributed by atoms with Crippen LogP contribution in [0.5, 0.6) is 5.88 Å². The number of nitrogens with one attached hydrogen (secondary N) is 2. The van der Waals surface area contributed by atoms with Crippen LogP contribution in [0.2, 0.25) is 0 Å². The Morgan fingerprint density at radius 3 is 1.79 bits per heavy atom. The minimum absolute atomic E-state index is 0. The van der Waals surface area contributed by atoms with Crippen LogP contribution in [0.15, 0.2) is 82.2 Å². The third-order valence-electron chi connectivity index (χ3n) is 8.36. The average molecular weight is 1050 g/mol. The molecule has 0 spiro atoms. The second kappa shape index (κ2) is 22.9. The summed E-state index contributed by atoms with van der Waals surface area (Å²) in [5, 5.41) is 7.93. The van der Waals surface area contributed by atoms with Crippen LogP contribution < -0.4 is 68.9 Å². The normalized spacial score (nSPS) is 14.1. The molecule has 7 rings (SSSR count). The monoisotopic (exact) mass is 1050 g/mol. The van der Waals surface area contributed by atoms with E-state index in [0.717, 1.165) is 73.2 Å². The van der Waals surface area contributed by atoms with Gasteiger partial charge in [-0.3, -0.25) is 0 Å². The number of halogens is 2. The van der Waals surface area contributed by atoms with E-state index in [2.05, 4.69) is 53.2 Å². The summed E-state index contributed by atoms with van der Waals surface area (Å²) in [5.41, 5.74) is 3.52. The van der Waals surface area contributed by atoms with Crippen LogP contribution >= 0.6 is 22.6 Å². The number of furan rings is 2. The second-order valence-electron chi connectivity index (χ2n) is 12.9. The number of nitrogens with zero attached hydrogens (tertiary/aromatic N) is 4. The summed E-state index contributed by atoms with van der Waals surface area (Å²) in [6.07, 6.45) is 8.19. The summed E-state index contributed by atoms with van der Waals surface area (Å²) in [6, 6.07) is 19.3. The first-order chi connectivity index (χ1) is 25.9. The summed E-state index contributed by atoms with van der Waals surface area (Å²) >= 11 is 2.19. The number of rotatable bonds is 14. The van der Waals surface area contributed by atoms with Crippen LogP contribution in [0, 0.1) is 3.70 Å². The van der Waals surface area contributed by atoms with Crippen molar-refractivity contribution in [3.63, 3.8) is 0 Å². The first-order valence-electron chi connectivity index (χ1n) is 17.3. The molecule has 302 valence electrons. The number of fused-ring (bicyclic) bond motifs is 2. The summed E-state index contributed by atoms with van der Waals surface area (Å²) in [7, 11) is -5.92. The van der Waals surface area contributed by atoms with Gasteiger partial charge in [-0.25, -0.2) is 36.8 Å². The number of benzene rings is 2. The summed E-state index contributed by atoms with van der Waals surface area (Å²) in [4.78, 5) is 17.1. The van der Waals surface area contributed by atoms with Crippen LogP contribution in [0.1, 0.15) is 38.2 Å². The minimum Gasteiger partial charge on any atom is -1.00 e. The van der Waals surface area contributed by atoms with E-state index in [-0.39, 0.29) is 78.8 Å². The van der Waals surface area contributed by atoms with Gasteiger partial charge in [-0.05, 0) is 96.1 Å². The number of hydrogen-bond acceptors (Lipinski definition) is 14. The van der Waals surface area contributed by atoms with Crippen molar-refractivity contribution in [2.75, 3.05) is 43.7 Å². The standard InChI is InChI=1S/C21H25N3O5S.C16H16IN3O3S.CH4.HI.Na/c1-30(25,26)11-9-22-13-16-6-8-19(28-16)15-5-7-18-17(12-15)21(24-14-23-18)29-20-4-2-3-10-27-20;1-24(21,22)7-6-18-9-12-3-5-15(23-12)11-2-4-14-13(8-11)16(17)20-10-19-14;;;/h5-8,12,14,20,22H,2-4,9-11,13H2,1H3;2-5,8,10,18H,6-7,9H2,1H3;1H4;1H;/q;;;;+1/p-1. The Balaban J connectivity index is 0.000000296. The smallest absolute Gasteiger partial charge is 1.00 e. The molecule has 0 saturated carbocycles. The summed E-state index contributed by atoms with van der Waals surface area (Å²) < 4.78 is 68.9. The predicted molar refractivity (Wildman–Crippen MR) is 221 cm³/mol. The SMILES string of the molecule is C.CS(=O)(=O)CCNCc1ccc(-c2ccc3ncnc(I)c3c2)o1.CS(=O)(=O)CCNCc1ccc(-c2ccc3ncnc(OC4CCCCO4)c3c2)o1.[I-].[Na+]. The van der Waals surface area contributed by atoms with Gasteiger partial charge in [0.1, 0.15) is 59.1 Å². The number of hydrogen-bond donors (Lipinski definition) is 2. The van der Waals surface area contributed by atoms with Gasteiger partial charge in [0.05, 0.1) is 47.6 Å². The minimum atomic E-state index is -2.98. The number of sulfone groups is 2. The number of ether oxygens (including phenoxy) is 2. The molecule has 1 fully saturated rings. The Bertz CT molecular complexity index is 2430. The quantitative estimate of drug-likeness (QED) is 0.0652. The van der Waals surface area contributed by atoms with Crippen molar-refractivity contribution in [3.8, 4) is 28.5 Å². The third-order valence-corrected chi connectivity index (χ3v) is 11.1. The van der Waals surface area contributed by atoms with E-state index < -0.39 is 19.7 Å². The van der Waals surface area contributed by atoms with Gasteiger partial charge in [0.25, 0.3) is 0 Å².